The molecule has 19 heavy (non-hydrogen) atoms. The third-order valence-electron chi connectivity index (χ3n) is 3.87. The molecule has 5 heteroatoms. The highest BCUT2D eigenvalue weighted by molar-refractivity contribution is 5.45. The second-order valence-corrected chi connectivity index (χ2v) is 5.57. The highest BCUT2D eigenvalue weighted by Gasteiger charge is 2.27. The first-order chi connectivity index (χ1) is 9.26. The average Bonchev–Trinajstić information content (AvgIpc) is 3.24. The van der Waals surface area contributed by atoms with Gasteiger partial charge in [-0.3, -0.25) is 0 Å². The van der Waals surface area contributed by atoms with Crippen molar-refractivity contribution < 1.29 is 0 Å². The van der Waals surface area contributed by atoms with E-state index in [1.54, 1.807) is 0 Å². The number of likely N-dealkylation sites (N-methyl/N-ethyl adjacent to an activating group) is 1. The number of nitrogens with zero attached hydrogens (tertiary/aromatic N) is 4. The fourth-order valence-electron chi connectivity index (χ4n) is 2.46. The Morgan fingerprint density at radius 3 is 2.58 bits per heavy atom. The van der Waals surface area contributed by atoms with Crippen molar-refractivity contribution in [3.05, 3.63) is 11.8 Å². The van der Waals surface area contributed by atoms with Crippen molar-refractivity contribution in [3.63, 3.8) is 0 Å². The smallest absolute Gasteiger partial charge is 0.227 e. The van der Waals surface area contributed by atoms with E-state index in [2.05, 4.69) is 40.1 Å². The molecule has 1 aliphatic heterocycles. The maximum absolute atomic E-state index is 4.78. The van der Waals surface area contributed by atoms with Gasteiger partial charge in [-0.15, -0.1) is 0 Å². The number of hydrogen-bond acceptors (Lipinski definition) is 5. The SMILES string of the molecule is CCNc1cc(C2CC2)nc(N2CCN(C)CC2)n1. The lowest BCUT2D eigenvalue weighted by Crippen LogP contribution is -2.45. The Kier molecular flexibility index (Phi) is 3.55. The molecule has 2 aliphatic rings. The summed E-state index contributed by atoms with van der Waals surface area (Å²) < 4.78 is 0. The van der Waals surface area contributed by atoms with Crippen LogP contribution >= 0.6 is 0 Å². The number of anilines is 2. The van der Waals surface area contributed by atoms with Crippen molar-refractivity contribution in [3.8, 4) is 0 Å². The third-order valence-corrected chi connectivity index (χ3v) is 3.87. The van der Waals surface area contributed by atoms with E-state index >= 15 is 0 Å². The molecule has 0 aromatic carbocycles. The average molecular weight is 261 g/mol. The van der Waals surface area contributed by atoms with E-state index in [0.29, 0.717) is 5.92 Å². The van der Waals surface area contributed by atoms with Gasteiger partial charge in [0.15, 0.2) is 0 Å². The topological polar surface area (TPSA) is 44.3 Å². The largest absolute Gasteiger partial charge is 0.370 e. The Labute approximate surface area is 115 Å². The highest BCUT2D eigenvalue weighted by Crippen LogP contribution is 2.40. The van der Waals surface area contributed by atoms with Crippen LogP contribution in [-0.4, -0.2) is 54.6 Å². The second-order valence-electron chi connectivity index (χ2n) is 5.57. The van der Waals surface area contributed by atoms with E-state index in [1.165, 1.54) is 18.5 Å². The highest BCUT2D eigenvalue weighted by atomic mass is 15.3. The molecule has 0 atom stereocenters. The number of aromatic nitrogens is 2. The Hall–Kier alpha value is -1.36. The first-order valence-electron chi connectivity index (χ1n) is 7.32. The number of rotatable bonds is 4. The molecule has 0 bridgehead atoms. The third kappa shape index (κ3) is 2.97. The second kappa shape index (κ2) is 5.33. The maximum Gasteiger partial charge on any atom is 0.227 e. The van der Waals surface area contributed by atoms with Crippen molar-refractivity contribution >= 4 is 11.8 Å². The van der Waals surface area contributed by atoms with Gasteiger partial charge in [-0.1, -0.05) is 0 Å². The fourth-order valence-corrected chi connectivity index (χ4v) is 2.46. The van der Waals surface area contributed by atoms with Gasteiger partial charge in [0.05, 0.1) is 5.69 Å². The lowest BCUT2D eigenvalue weighted by molar-refractivity contribution is 0.311. The maximum atomic E-state index is 4.78. The van der Waals surface area contributed by atoms with E-state index in [1.807, 2.05) is 0 Å². The number of nitrogens with one attached hydrogen (secondary N) is 1. The standard InChI is InChI=1S/C14H23N5/c1-3-15-13-10-12(11-4-5-11)16-14(17-13)19-8-6-18(2)7-9-19/h10-11H,3-9H2,1-2H3,(H,15,16,17). The van der Waals surface area contributed by atoms with Gasteiger partial charge in [-0.05, 0) is 26.8 Å². The summed E-state index contributed by atoms with van der Waals surface area (Å²) in [7, 11) is 2.17. The predicted octanol–water partition coefficient (Wildman–Crippen LogP) is 1.54. The molecule has 0 unspecified atom stereocenters. The summed E-state index contributed by atoms with van der Waals surface area (Å²) in [5.74, 6) is 2.56. The quantitative estimate of drug-likeness (QED) is 0.890. The summed E-state index contributed by atoms with van der Waals surface area (Å²) in [5, 5.41) is 3.33. The zero-order chi connectivity index (χ0) is 13.2. The zero-order valence-electron chi connectivity index (χ0n) is 11.9. The molecule has 0 amide bonds. The normalized spacial score (nSPS) is 20.6. The Bertz CT molecular complexity index is 435. The zero-order valence-corrected chi connectivity index (χ0v) is 11.9. The molecular formula is C14H23N5. The van der Waals surface area contributed by atoms with Gasteiger partial charge < -0.3 is 15.1 Å². The summed E-state index contributed by atoms with van der Waals surface area (Å²) in [6.07, 6.45) is 2.56. The van der Waals surface area contributed by atoms with Crippen LogP contribution in [0.3, 0.4) is 0 Å². The van der Waals surface area contributed by atoms with Gasteiger partial charge in [0, 0.05) is 44.7 Å². The molecule has 3 rings (SSSR count). The minimum absolute atomic E-state index is 0.673. The molecule has 1 aromatic heterocycles. The van der Waals surface area contributed by atoms with Gasteiger partial charge in [0.25, 0.3) is 0 Å². The molecule has 0 radical (unpaired) electrons. The van der Waals surface area contributed by atoms with Crippen molar-refractivity contribution in [1.29, 1.82) is 0 Å². The van der Waals surface area contributed by atoms with E-state index in [4.69, 9.17) is 4.98 Å². The molecule has 1 N–H and O–H groups in total. The van der Waals surface area contributed by atoms with E-state index in [-0.39, 0.29) is 0 Å². The van der Waals surface area contributed by atoms with Gasteiger partial charge in [0.2, 0.25) is 5.95 Å². The van der Waals surface area contributed by atoms with Gasteiger partial charge in [0.1, 0.15) is 5.82 Å². The van der Waals surface area contributed by atoms with Crippen LogP contribution in [0, 0.1) is 0 Å². The van der Waals surface area contributed by atoms with Crippen LogP contribution < -0.4 is 10.2 Å². The van der Waals surface area contributed by atoms with E-state index in [0.717, 1.165) is 44.5 Å². The van der Waals surface area contributed by atoms with Gasteiger partial charge in [-0.25, -0.2) is 4.98 Å². The Balaban J connectivity index is 1.82. The first-order valence-corrected chi connectivity index (χ1v) is 7.32. The predicted molar refractivity (Wildman–Crippen MR) is 77.9 cm³/mol. The Morgan fingerprint density at radius 1 is 1.21 bits per heavy atom. The molecule has 1 aromatic rings. The van der Waals surface area contributed by atoms with E-state index < -0.39 is 0 Å². The van der Waals surface area contributed by atoms with Crippen molar-refractivity contribution in [2.75, 3.05) is 50.0 Å². The molecule has 0 spiro atoms. The van der Waals surface area contributed by atoms with Crippen LogP contribution in [0.2, 0.25) is 0 Å². The van der Waals surface area contributed by atoms with Crippen LogP contribution in [0.15, 0.2) is 6.07 Å². The van der Waals surface area contributed by atoms with Crippen molar-refractivity contribution in [2.24, 2.45) is 0 Å². The molecule has 1 aliphatic carbocycles. The number of hydrogen-bond donors (Lipinski definition) is 1. The lowest BCUT2D eigenvalue weighted by atomic mass is 10.2. The van der Waals surface area contributed by atoms with Crippen LogP contribution in [0.5, 0.6) is 0 Å². The van der Waals surface area contributed by atoms with Crippen molar-refractivity contribution in [2.45, 2.75) is 25.7 Å². The minimum Gasteiger partial charge on any atom is -0.370 e. The fraction of sp³-hybridized carbons (Fsp3) is 0.714. The minimum atomic E-state index is 0.673. The molecule has 1 saturated heterocycles. The molecule has 2 fully saturated rings. The molecular weight excluding hydrogens is 238 g/mol. The number of piperazine rings is 1. The van der Waals surface area contributed by atoms with Crippen LogP contribution in [0.1, 0.15) is 31.4 Å². The van der Waals surface area contributed by atoms with Gasteiger partial charge in [-0.2, -0.15) is 4.98 Å². The van der Waals surface area contributed by atoms with Crippen LogP contribution in [-0.2, 0) is 0 Å². The molecule has 2 heterocycles. The van der Waals surface area contributed by atoms with E-state index in [9.17, 15) is 0 Å². The molecule has 104 valence electrons. The summed E-state index contributed by atoms with van der Waals surface area (Å²) in [4.78, 5) is 14.1. The van der Waals surface area contributed by atoms with Gasteiger partial charge >= 0.3 is 0 Å². The summed E-state index contributed by atoms with van der Waals surface area (Å²) in [5.41, 5.74) is 1.22. The lowest BCUT2D eigenvalue weighted by Gasteiger charge is -2.32. The Morgan fingerprint density at radius 2 is 1.95 bits per heavy atom. The van der Waals surface area contributed by atoms with Crippen LogP contribution in [0.4, 0.5) is 11.8 Å². The first kappa shape index (κ1) is 12.7. The summed E-state index contributed by atoms with van der Waals surface area (Å²) in [6.45, 7) is 7.24. The van der Waals surface area contributed by atoms with Crippen molar-refractivity contribution in [1.82, 2.24) is 14.9 Å². The van der Waals surface area contributed by atoms with Crippen LogP contribution in [0.25, 0.3) is 0 Å². The summed E-state index contributed by atoms with van der Waals surface area (Å²) >= 11 is 0. The molecule has 5 nitrogen and oxygen atoms in total. The monoisotopic (exact) mass is 261 g/mol. The summed E-state index contributed by atoms with van der Waals surface area (Å²) in [6, 6.07) is 2.13. The molecule has 1 saturated carbocycles.